The number of carbonyl (C=O) groups is 3. The normalized spacial score (nSPS) is 17.3. The van der Waals surface area contributed by atoms with Gasteiger partial charge in [0.05, 0.1) is 17.3 Å². The molecule has 3 rings (SSSR count). The fraction of sp³-hybridized carbons (Fsp3) is 0.267. The average molecular weight is 352 g/mol. The van der Waals surface area contributed by atoms with E-state index < -0.39 is 12.3 Å². The van der Waals surface area contributed by atoms with Crippen molar-refractivity contribution in [1.29, 1.82) is 0 Å². The van der Waals surface area contributed by atoms with Crippen molar-refractivity contribution in [2.24, 2.45) is 0 Å². The second-order valence-corrected chi connectivity index (χ2v) is 5.51. The van der Waals surface area contributed by atoms with Crippen LogP contribution in [0.15, 0.2) is 30.7 Å². The summed E-state index contributed by atoms with van der Waals surface area (Å²) in [5.74, 6) is -0.702. The maximum absolute atomic E-state index is 12.2. The highest BCUT2D eigenvalue weighted by molar-refractivity contribution is 6.34. The van der Waals surface area contributed by atoms with E-state index in [2.05, 4.69) is 10.6 Å². The first-order valence-corrected chi connectivity index (χ1v) is 7.57. The van der Waals surface area contributed by atoms with Crippen LogP contribution in [0.3, 0.4) is 0 Å². The lowest BCUT2D eigenvalue weighted by Gasteiger charge is -2.27. The molecule has 8 nitrogen and oxygen atoms in total. The van der Waals surface area contributed by atoms with Gasteiger partial charge in [-0.15, -0.1) is 0 Å². The zero-order valence-corrected chi connectivity index (χ0v) is 13.2. The van der Waals surface area contributed by atoms with Gasteiger partial charge in [0.2, 0.25) is 5.91 Å². The topological polar surface area (TPSA) is 97.0 Å². The van der Waals surface area contributed by atoms with Crippen LogP contribution < -0.4 is 15.5 Å². The first-order chi connectivity index (χ1) is 11.5. The number of nitrogens with one attached hydrogen (secondary N) is 2. The zero-order chi connectivity index (χ0) is 17.1. The number of rotatable bonds is 4. The minimum atomic E-state index is -0.565. The minimum Gasteiger partial charge on any atom is -0.457 e. The quantitative estimate of drug-likeness (QED) is 0.853. The largest absolute Gasteiger partial charge is 0.457 e. The predicted octanol–water partition coefficient (Wildman–Crippen LogP) is 1.36. The van der Waals surface area contributed by atoms with Gasteiger partial charge in [0.15, 0.2) is 0 Å². The molecule has 2 aliphatic rings. The molecule has 0 unspecified atom stereocenters. The van der Waals surface area contributed by atoms with E-state index in [-0.39, 0.29) is 31.3 Å². The van der Waals surface area contributed by atoms with Crippen molar-refractivity contribution in [3.8, 4) is 0 Å². The van der Waals surface area contributed by atoms with Gasteiger partial charge in [0, 0.05) is 18.5 Å². The maximum atomic E-state index is 12.2. The van der Waals surface area contributed by atoms with Gasteiger partial charge in [0.25, 0.3) is 12.2 Å². The number of ether oxygens (including phenoxy) is 2. The van der Waals surface area contributed by atoms with E-state index in [0.717, 1.165) is 0 Å². The molecule has 2 N–H and O–H groups in total. The lowest BCUT2D eigenvalue weighted by Crippen LogP contribution is -2.49. The number of amides is 4. The molecule has 2 aliphatic heterocycles. The smallest absolute Gasteiger partial charge is 0.328 e. The number of imide groups is 1. The van der Waals surface area contributed by atoms with Crippen LogP contribution >= 0.6 is 11.6 Å². The highest BCUT2D eigenvalue weighted by Crippen LogP contribution is 2.28. The molecule has 1 aromatic rings. The lowest BCUT2D eigenvalue weighted by atomic mass is 10.1. The Kier molecular flexibility index (Phi) is 4.57. The van der Waals surface area contributed by atoms with Gasteiger partial charge in [0.1, 0.15) is 12.5 Å². The van der Waals surface area contributed by atoms with Crippen LogP contribution in [0, 0.1) is 0 Å². The Morgan fingerprint density at radius 2 is 2.08 bits per heavy atom. The van der Waals surface area contributed by atoms with Crippen molar-refractivity contribution < 1.29 is 23.9 Å². The highest BCUT2D eigenvalue weighted by Gasteiger charge is 2.26. The molecule has 9 heteroatoms. The van der Waals surface area contributed by atoms with Crippen molar-refractivity contribution in [2.75, 3.05) is 18.0 Å². The van der Waals surface area contributed by atoms with Gasteiger partial charge in [-0.3, -0.25) is 19.8 Å². The molecule has 0 aromatic heterocycles. The Morgan fingerprint density at radius 3 is 2.79 bits per heavy atom. The van der Waals surface area contributed by atoms with E-state index in [0.29, 0.717) is 16.3 Å². The van der Waals surface area contributed by atoms with Gasteiger partial charge in [-0.05, 0) is 18.2 Å². The van der Waals surface area contributed by atoms with Crippen molar-refractivity contribution >= 4 is 35.1 Å². The molecular formula is C15H14ClN3O5. The SMILES string of the molecule is O=C1CCN(c2cc(C(=O)NCC3OC=CO3)ccc2Cl)C(=O)N1. The molecule has 0 radical (unpaired) electrons. The number of nitrogens with zero attached hydrogens (tertiary/aromatic N) is 1. The summed E-state index contributed by atoms with van der Waals surface area (Å²) in [6, 6.07) is 4.01. The highest BCUT2D eigenvalue weighted by atomic mass is 35.5. The van der Waals surface area contributed by atoms with Crippen molar-refractivity contribution in [3.63, 3.8) is 0 Å². The zero-order valence-electron chi connectivity index (χ0n) is 12.5. The van der Waals surface area contributed by atoms with Crippen LogP contribution in [0.1, 0.15) is 16.8 Å². The first kappa shape index (κ1) is 16.1. The second-order valence-electron chi connectivity index (χ2n) is 5.11. The van der Waals surface area contributed by atoms with Gasteiger partial charge >= 0.3 is 6.03 Å². The molecule has 1 aromatic carbocycles. The van der Waals surface area contributed by atoms with Crippen molar-refractivity contribution in [2.45, 2.75) is 12.7 Å². The molecule has 4 amide bonds. The molecule has 0 saturated carbocycles. The summed E-state index contributed by atoms with van der Waals surface area (Å²) in [5.41, 5.74) is 0.689. The van der Waals surface area contributed by atoms with E-state index in [1.807, 2.05) is 0 Å². The number of hydrogen-bond donors (Lipinski definition) is 2. The summed E-state index contributed by atoms with van der Waals surface area (Å²) in [7, 11) is 0. The minimum absolute atomic E-state index is 0.169. The van der Waals surface area contributed by atoms with E-state index in [1.54, 1.807) is 6.07 Å². The summed E-state index contributed by atoms with van der Waals surface area (Å²) < 4.78 is 10.1. The van der Waals surface area contributed by atoms with E-state index in [9.17, 15) is 14.4 Å². The monoisotopic (exact) mass is 351 g/mol. The van der Waals surface area contributed by atoms with Crippen LogP contribution in [-0.4, -0.2) is 37.2 Å². The van der Waals surface area contributed by atoms with E-state index in [1.165, 1.54) is 29.6 Å². The van der Waals surface area contributed by atoms with Crippen LogP contribution in [0.25, 0.3) is 0 Å². The Morgan fingerprint density at radius 1 is 1.33 bits per heavy atom. The number of hydrogen-bond acceptors (Lipinski definition) is 5. The van der Waals surface area contributed by atoms with Gasteiger partial charge in [-0.1, -0.05) is 11.6 Å². The van der Waals surface area contributed by atoms with Crippen LogP contribution in [0.2, 0.25) is 5.02 Å². The number of halogens is 1. The molecule has 0 atom stereocenters. The van der Waals surface area contributed by atoms with Crippen LogP contribution in [0.5, 0.6) is 0 Å². The maximum Gasteiger partial charge on any atom is 0.328 e. The summed E-state index contributed by atoms with van der Waals surface area (Å²) >= 11 is 6.13. The molecule has 0 aliphatic carbocycles. The number of anilines is 1. The molecule has 24 heavy (non-hydrogen) atoms. The van der Waals surface area contributed by atoms with Crippen molar-refractivity contribution in [3.05, 3.63) is 41.3 Å². The summed E-state index contributed by atoms with van der Waals surface area (Å²) in [6.07, 6.45) is 2.41. The summed E-state index contributed by atoms with van der Waals surface area (Å²) in [6.45, 7) is 0.368. The average Bonchev–Trinajstić information content (AvgIpc) is 3.07. The number of benzene rings is 1. The summed E-state index contributed by atoms with van der Waals surface area (Å²) in [5, 5.41) is 5.19. The van der Waals surface area contributed by atoms with Crippen LogP contribution in [-0.2, 0) is 14.3 Å². The first-order valence-electron chi connectivity index (χ1n) is 7.19. The standard InChI is InChI=1S/C15H14ClN3O5/c16-10-2-1-9(14(21)17-8-13-23-5-6-24-13)7-11(10)19-4-3-12(20)18-15(19)22/h1-2,5-7,13H,3-4,8H2,(H,17,21)(H,18,20,22). The third-order valence-corrected chi connectivity index (χ3v) is 3.82. The van der Waals surface area contributed by atoms with Crippen molar-refractivity contribution in [1.82, 2.24) is 10.6 Å². The molecule has 0 bridgehead atoms. The Bertz CT molecular complexity index is 713. The fourth-order valence-corrected chi connectivity index (χ4v) is 2.52. The molecule has 126 valence electrons. The lowest BCUT2D eigenvalue weighted by molar-refractivity contribution is -0.120. The molecule has 1 fully saturated rings. The Hall–Kier alpha value is -2.74. The van der Waals surface area contributed by atoms with Gasteiger partial charge in [-0.25, -0.2) is 4.79 Å². The fourth-order valence-electron chi connectivity index (χ4n) is 2.30. The molecule has 2 heterocycles. The van der Waals surface area contributed by atoms with E-state index in [4.69, 9.17) is 21.1 Å². The predicted molar refractivity (Wildman–Crippen MR) is 84.4 cm³/mol. The number of urea groups is 1. The van der Waals surface area contributed by atoms with Crippen LogP contribution in [0.4, 0.5) is 10.5 Å². The Labute approximate surface area is 142 Å². The summed E-state index contributed by atoms with van der Waals surface area (Å²) in [4.78, 5) is 36.7. The third kappa shape index (κ3) is 3.43. The molecular weight excluding hydrogens is 338 g/mol. The second kappa shape index (κ2) is 6.79. The molecule has 1 saturated heterocycles. The third-order valence-electron chi connectivity index (χ3n) is 3.50. The Balaban J connectivity index is 1.72. The van der Waals surface area contributed by atoms with Gasteiger partial charge < -0.3 is 14.8 Å². The molecule has 0 spiro atoms. The van der Waals surface area contributed by atoms with E-state index >= 15 is 0 Å². The number of carbonyl (C=O) groups excluding carboxylic acids is 3. The van der Waals surface area contributed by atoms with Gasteiger partial charge in [-0.2, -0.15) is 0 Å².